The Hall–Kier alpha value is -3.19. The van der Waals surface area contributed by atoms with Crippen LogP contribution in [0.25, 0.3) is 6.08 Å². The lowest BCUT2D eigenvalue weighted by Crippen LogP contribution is -2.35. The monoisotopic (exact) mass is 404 g/mol. The van der Waals surface area contributed by atoms with E-state index in [0.717, 1.165) is 11.1 Å². The molecule has 28 heavy (non-hydrogen) atoms. The van der Waals surface area contributed by atoms with E-state index in [4.69, 9.17) is 16.3 Å². The molecule has 0 bridgehead atoms. The highest BCUT2D eigenvalue weighted by Gasteiger charge is 2.08. The van der Waals surface area contributed by atoms with E-state index in [0.29, 0.717) is 10.7 Å². The standard InChI is InChI=1S/C20H18ClFN2O4/c1-13-2-3-14(10-17(13)21)4-9-20(27)28-12-19(26)23-11-18(25)24-16-7-5-15(22)6-8-16/h2-10H,11-12H2,1H3,(H,23,26)(H,24,25)/b9-4+. The summed E-state index contributed by atoms with van der Waals surface area (Å²) in [6.45, 7) is 1.02. The molecule has 0 atom stereocenters. The Morgan fingerprint density at radius 2 is 1.82 bits per heavy atom. The minimum absolute atomic E-state index is 0.314. The predicted molar refractivity (Wildman–Crippen MR) is 104 cm³/mol. The molecule has 0 spiro atoms. The smallest absolute Gasteiger partial charge is 0.331 e. The maximum absolute atomic E-state index is 12.8. The summed E-state index contributed by atoms with van der Waals surface area (Å²) in [7, 11) is 0. The zero-order valence-electron chi connectivity index (χ0n) is 15.0. The highest BCUT2D eigenvalue weighted by molar-refractivity contribution is 6.31. The lowest BCUT2D eigenvalue weighted by atomic mass is 10.1. The molecule has 2 aromatic rings. The molecule has 6 nitrogen and oxygen atoms in total. The van der Waals surface area contributed by atoms with E-state index in [2.05, 4.69) is 10.6 Å². The van der Waals surface area contributed by atoms with Gasteiger partial charge in [-0.1, -0.05) is 23.7 Å². The second-order valence-electron chi connectivity index (χ2n) is 5.78. The van der Waals surface area contributed by atoms with E-state index >= 15 is 0 Å². The van der Waals surface area contributed by atoms with Crippen molar-refractivity contribution in [1.82, 2.24) is 5.32 Å². The summed E-state index contributed by atoms with van der Waals surface area (Å²) in [5.41, 5.74) is 2.03. The molecule has 8 heteroatoms. The van der Waals surface area contributed by atoms with Crippen LogP contribution in [0.1, 0.15) is 11.1 Å². The lowest BCUT2D eigenvalue weighted by Gasteiger charge is -2.07. The van der Waals surface area contributed by atoms with E-state index in [1.165, 1.54) is 36.4 Å². The van der Waals surface area contributed by atoms with Gasteiger partial charge in [0.15, 0.2) is 6.61 Å². The van der Waals surface area contributed by atoms with Crippen LogP contribution in [0.2, 0.25) is 5.02 Å². The van der Waals surface area contributed by atoms with Crippen molar-refractivity contribution in [2.24, 2.45) is 0 Å². The maximum atomic E-state index is 12.8. The Labute approximate surface area is 166 Å². The first-order valence-corrected chi connectivity index (χ1v) is 8.64. The van der Waals surface area contributed by atoms with Crippen molar-refractivity contribution in [3.05, 3.63) is 70.5 Å². The van der Waals surface area contributed by atoms with Crippen molar-refractivity contribution in [3.8, 4) is 0 Å². The fourth-order valence-electron chi connectivity index (χ4n) is 2.03. The molecular formula is C20H18ClFN2O4. The number of benzene rings is 2. The number of ether oxygens (including phenoxy) is 1. The zero-order chi connectivity index (χ0) is 20.5. The van der Waals surface area contributed by atoms with Crippen LogP contribution in [0, 0.1) is 12.7 Å². The summed E-state index contributed by atoms with van der Waals surface area (Å²) in [6.07, 6.45) is 2.69. The summed E-state index contributed by atoms with van der Waals surface area (Å²) in [5.74, 6) is -2.26. The molecule has 0 fully saturated rings. The molecule has 0 heterocycles. The first-order chi connectivity index (χ1) is 13.3. The molecule has 0 saturated heterocycles. The quantitative estimate of drug-likeness (QED) is 0.548. The Morgan fingerprint density at radius 1 is 1.11 bits per heavy atom. The fourth-order valence-corrected chi connectivity index (χ4v) is 2.22. The van der Waals surface area contributed by atoms with Gasteiger partial charge in [-0.2, -0.15) is 0 Å². The first-order valence-electron chi connectivity index (χ1n) is 8.26. The van der Waals surface area contributed by atoms with Crippen molar-refractivity contribution < 1.29 is 23.5 Å². The van der Waals surface area contributed by atoms with Gasteiger partial charge in [0.25, 0.3) is 5.91 Å². The summed E-state index contributed by atoms with van der Waals surface area (Å²) >= 11 is 6.00. The summed E-state index contributed by atoms with van der Waals surface area (Å²) < 4.78 is 17.6. The van der Waals surface area contributed by atoms with Crippen LogP contribution < -0.4 is 10.6 Å². The van der Waals surface area contributed by atoms with Crippen molar-refractivity contribution in [2.45, 2.75) is 6.92 Å². The predicted octanol–water partition coefficient (Wildman–Crippen LogP) is 3.10. The SMILES string of the molecule is Cc1ccc(/C=C/C(=O)OCC(=O)NCC(=O)Nc2ccc(F)cc2)cc1Cl. The minimum atomic E-state index is -0.706. The van der Waals surface area contributed by atoms with Gasteiger partial charge in [0.1, 0.15) is 5.82 Å². The van der Waals surface area contributed by atoms with E-state index in [1.807, 2.05) is 13.0 Å². The van der Waals surface area contributed by atoms with Gasteiger partial charge in [0.2, 0.25) is 5.91 Å². The third-order valence-corrected chi connectivity index (χ3v) is 3.93. The second-order valence-corrected chi connectivity index (χ2v) is 6.19. The Bertz CT molecular complexity index is 898. The molecule has 0 aliphatic carbocycles. The van der Waals surface area contributed by atoms with Crippen molar-refractivity contribution in [2.75, 3.05) is 18.5 Å². The van der Waals surface area contributed by atoms with Crippen LogP contribution in [0.5, 0.6) is 0 Å². The molecule has 0 unspecified atom stereocenters. The van der Waals surface area contributed by atoms with E-state index < -0.39 is 30.2 Å². The number of hydrogen-bond donors (Lipinski definition) is 2. The van der Waals surface area contributed by atoms with Gasteiger partial charge >= 0.3 is 5.97 Å². The number of esters is 1. The van der Waals surface area contributed by atoms with Crippen LogP contribution in [0.3, 0.4) is 0 Å². The number of anilines is 1. The number of hydrogen-bond acceptors (Lipinski definition) is 4. The van der Waals surface area contributed by atoms with Crippen molar-refractivity contribution >= 4 is 41.1 Å². The molecule has 146 valence electrons. The van der Waals surface area contributed by atoms with Gasteiger partial charge in [-0.25, -0.2) is 9.18 Å². The summed E-state index contributed by atoms with van der Waals surface area (Å²) in [4.78, 5) is 35.0. The van der Waals surface area contributed by atoms with Gasteiger partial charge in [-0.3, -0.25) is 9.59 Å². The molecule has 2 rings (SSSR count). The lowest BCUT2D eigenvalue weighted by molar-refractivity contribution is -0.143. The molecule has 2 amide bonds. The minimum Gasteiger partial charge on any atom is -0.452 e. The number of carbonyl (C=O) groups is 3. The number of aryl methyl sites for hydroxylation is 1. The van der Waals surface area contributed by atoms with Crippen molar-refractivity contribution in [3.63, 3.8) is 0 Å². The highest BCUT2D eigenvalue weighted by Crippen LogP contribution is 2.17. The summed E-state index contributed by atoms with van der Waals surface area (Å²) in [6, 6.07) is 10.5. The van der Waals surface area contributed by atoms with Gasteiger partial charge < -0.3 is 15.4 Å². The first kappa shape index (κ1) is 21.1. The summed E-state index contributed by atoms with van der Waals surface area (Å²) in [5, 5.41) is 5.38. The second kappa shape index (κ2) is 10.2. The van der Waals surface area contributed by atoms with Gasteiger partial charge in [0.05, 0.1) is 6.54 Å². The average Bonchev–Trinajstić information content (AvgIpc) is 2.67. The maximum Gasteiger partial charge on any atom is 0.331 e. The van der Waals surface area contributed by atoms with Gasteiger partial charge in [0, 0.05) is 16.8 Å². The fraction of sp³-hybridized carbons (Fsp3) is 0.150. The Balaban J connectivity index is 1.70. The largest absolute Gasteiger partial charge is 0.452 e. The normalized spacial score (nSPS) is 10.5. The van der Waals surface area contributed by atoms with Crippen molar-refractivity contribution in [1.29, 1.82) is 0 Å². The number of amides is 2. The van der Waals surface area contributed by atoms with E-state index in [9.17, 15) is 18.8 Å². The molecular weight excluding hydrogens is 387 g/mol. The van der Waals surface area contributed by atoms with Crippen LogP contribution in [-0.2, 0) is 19.1 Å². The number of carbonyl (C=O) groups excluding carboxylic acids is 3. The third-order valence-electron chi connectivity index (χ3n) is 3.53. The van der Waals surface area contributed by atoms with Crippen LogP contribution in [-0.4, -0.2) is 30.9 Å². The molecule has 2 aromatic carbocycles. The van der Waals surface area contributed by atoms with Gasteiger partial charge in [-0.15, -0.1) is 0 Å². The molecule has 2 N–H and O–H groups in total. The third kappa shape index (κ3) is 7.20. The number of halogens is 2. The molecule has 0 aliphatic rings. The van der Waals surface area contributed by atoms with Gasteiger partial charge in [-0.05, 0) is 54.5 Å². The van der Waals surface area contributed by atoms with Crippen LogP contribution >= 0.6 is 11.6 Å². The van der Waals surface area contributed by atoms with E-state index in [1.54, 1.807) is 12.1 Å². The Morgan fingerprint density at radius 3 is 2.50 bits per heavy atom. The van der Waals surface area contributed by atoms with E-state index in [-0.39, 0.29) is 6.54 Å². The molecule has 0 saturated carbocycles. The van der Waals surface area contributed by atoms with Crippen LogP contribution in [0.4, 0.5) is 10.1 Å². The number of nitrogens with one attached hydrogen (secondary N) is 2. The topological polar surface area (TPSA) is 84.5 Å². The molecule has 0 radical (unpaired) electrons. The number of rotatable bonds is 7. The Kier molecular flexibility index (Phi) is 7.71. The zero-order valence-corrected chi connectivity index (χ0v) is 15.8. The molecule has 0 aliphatic heterocycles. The average molecular weight is 405 g/mol. The van der Waals surface area contributed by atoms with Crippen LogP contribution in [0.15, 0.2) is 48.5 Å². The molecule has 0 aromatic heterocycles. The highest BCUT2D eigenvalue weighted by atomic mass is 35.5.